The van der Waals surface area contributed by atoms with Crippen molar-refractivity contribution in [3.05, 3.63) is 34.0 Å². The summed E-state index contributed by atoms with van der Waals surface area (Å²) in [4.78, 5) is 11.5. The van der Waals surface area contributed by atoms with Gasteiger partial charge in [0.1, 0.15) is 11.1 Å². The molecular weight excluding hydrogens is 336 g/mol. The second-order valence-corrected chi connectivity index (χ2v) is 6.81. The Morgan fingerprint density at radius 3 is 2.96 bits per heavy atom. The van der Waals surface area contributed by atoms with Crippen LogP contribution >= 0.6 is 11.3 Å². The van der Waals surface area contributed by atoms with Gasteiger partial charge >= 0.3 is 0 Å². The van der Waals surface area contributed by atoms with E-state index < -0.39 is 0 Å². The summed E-state index contributed by atoms with van der Waals surface area (Å²) in [6.07, 6.45) is 4.83. The number of aryl methyl sites for hydroxylation is 1. The standard InChI is InChI=1S/C17H28N6OS/c1-6-18-17(19-8-7-14-9-20-23(4)10-14)22(3)11-15-12-25-16(21-15)13(2)24-5/h9-10,12-13H,6-8,11H2,1-5H3,(H,18,19). The van der Waals surface area contributed by atoms with Gasteiger partial charge in [-0.1, -0.05) is 0 Å². The van der Waals surface area contributed by atoms with Crippen LogP contribution in [0.25, 0.3) is 0 Å². The number of nitrogens with zero attached hydrogens (tertiary/aromatic N) is 5. The van der Waals surface area contributed by atoms with Crippen LogP contribution < -0.4 is 5.32 Å². The van der Waals surface area contributed by atoms with Gasteiger partial charge in [0.15, 0.2) is 5.96 Å². The van der Waals surface area contributed by atoms with E-state index in [0.717, 1.165) is 36.2 Å². The largest absolute Gasteiger partial charge is 0.375 e. The van der Waals surface area contributed by atoms with E-state index in [-0.39, 0.29) is 6.10 Å². The van der Waals surface area contributed by atoms with Gasteiger partial charge in [0.2, 0.25) is 0 Å². The van der Waals surface area contributed by atoms with Crippen molar-refractivity contribution in [1.29, 1.82) is 0 Å². The van der Waals surface area contributed by atoms with Crippen LogP contribution in [0.1, 0.15) is 36.2 Å². The number of aromatic nitrogens is 3. The number of hydrogen-bond donors (Lipinski definition) is 1. The summed E-state index contributed by atoms with van der Waals surface area (Å²) in [5.41, 5.74) is 2.23. The molecule has 2 aromatic rings. The summed E-state index contributed by atoms with van der Waals surface area (Å²) in [6.45, 7) is 6.36. The average molecular weight is 365 g/mol. The van der Waals surface area contributed by atoms with Crippen LogP contribution in [0.2, 0.25) is 0 Å². The highest BCUT2D eigenvalue weighted by atomic mass is 32.1. The number of methoxy groups -OCH3 is 1. The zero-order chi connectivity index (χ0) is 18.2. The molecule has 0 fully saturated rings. The Labute approximate surface area is 153 Å². The molecule has 1 N–H and O–H groups in total. The summed E-state index contributed by atoms with van der Waals surface area (Å²) in [5.74, 6) is 0.890. The van der Waals surface area contributed by atoms with E-state index in [2.05, 4.69) is 32.6 Å². The first-order valence-corrected chi connectivity index (χ1v) is 9.35. The molecule has 1 atom stereocenters. The quantitative estimate of drug-likeness (QED) is 0.575. The number of hydrogen-bond acceptors (Lipinski definition) is 5. The third-order valence-corrected chi connectivity index (χ3v) is 4.84. The van der Waals surface area contributed by atoms with Gasteiger partial charge in [0.25, 0.3) is 0 Å². The lowest BCUT2D eigenvalue weighted by Crippen LogP contribution is -2.38. The maximum Gasteiger partial charge on any atom is 0.194 e. The van der Waals surface area contributed by atoms with Crippen LogP contribution in [0, 0.1) is 0 Å². The monoisotopic (exact) mass is 364 g/mol. The first-order chi connectivity index (χ1) is 12.0. The maximum absolute atomic E-state index is 5.33. The predicted octanol–water partition coefficient (Wildman–Crippen LogP) is 2.22. The number of nitrogens with one attached hydrogen (secondary N) is 1. The molecule has 0 amide bonds. The van der Waals surface area contributed by atoms with Gasteiger partial charge < -0.3 is 15.0 Å². The molecule has 2 rings (SSSR count). The summed E-state index contributed by atoms with van der Waals surface area (Å²) in [7, 11) is 5.66. The first kappa shape index (κ1) is 19.4. The fourth-order valence-corrected chi connectivity index (χ4v) is 3.20. The topological polar surface area (TPSA) is 67.6 Å². The van der Waals surface area contributed by atoms with Gasteiger partial charge in [-0.3, -0.25) is 9.67 Å². The first-order valence-electron chi connectivity index (χ1n) is 8.47. The Hall–Kier alpha value is -1.93. The average Bonchev–Trinajstić information content (AvgIpc) is 3.22. The molecule has 25 heavy (non-hydrogen) atoms. The van der Waals surface area contributed by atoms with E-state index in [1.165, 1.54) is 5.56 Å². The molecule has 0 aliphatic rings. The Bertz CT molecular complexity index is 680. The van der Waals surface area contributed by atoms with Gasteiger partial charge in [-0.15, -0.1) is 11.3 Å². The maximum atomic E-state index is 5.33. The third kappa shape index (κ3) is 5.82. The van der Waals surface area contributed by atoms with Crippen LogP contribution in [0.4, 0.5) is 0 Å². The van der Waals surface area contributed by atoms with Crippen molar-refractivity contribution in [2.75, 3.05) is 27.2 Å². The zero-order valence-electron chi connectivity index (χ0n) is 15.7. The molecule has 0 saturated carbocycles. The summed E-state index contributed by atoms with van der Waals surface area (Å²) in [5, 5.41) is 10.6. The third-order valence-electron chi connectivity index (χ3n) is 3.79. The minimum atomic E-state index is 0.0328. The highest BCUT2D eigenvalue weighted by molar-refractivity contribution is 7.09. The second-order valence-electron chi connectivity index (χ2n) is 5.92. The molecule has 8 heteroatoms. The summed E-state index contributed by atoms with van der Waals surface area (Å²) >= 11 is 1.63. The zero-order valence-corrected chi connectivity index (χ0v) is 16.5. The number of thiazole rings is 1. The van der Waals surface area contributed by atoms with E-state index in [4.69, 9.17) is 9.73 Å². The molecule has 1 unspecified atom stereocenters. The van der Waals surface area contributed by atoms with E-state index in [0.29, 0.717) is 6.54 Å². The van der Waals surface area contributed by atoms with E-state index >= 15 is 0 Å². The molecule has 0 bridgehead atoms. The molecule has 138 valence electrons. The molecule has 0 aliphatic carbocycles. The van der Waals surface area contributed by atoms with E-state index in [1.807, 2.05) is 38.1 Å². The SMILES string of the molecule is CCNC(=NCCc1cnn(C)c1)N(C)Cc1csc(C(C)OC)n1. The van der Waals surface area contributed by atoms with E-state index in [1.54, 1.807) is 18.4 Å². The van der Waals surface area contributed by atoms with Crippen molar-refractivity contribution < 1.29 is 4.74 Å². The number of rotatable bonds is 8. The van der Waals surface area contributed by atoms with Gasteiger partial charge in [0, 0.05) is 45.9 Å². The normalized spacial score (nSPS) is 13.1. The Kier molecular flexibility index (Phi) is 7.39. The summed E-state index contributed by atoms with van der Waals surface area (Å²) < 4.78 is 7.15. The molecule has 0 saturated heterocycles. The minimum Gasteiger partial charge on any atom is -0.375 e. The Morgan fingerprint density at radius 2 is 2.32 bits per heavy atom. The lowest BCUT2D eigenvalue weighted by molar-refractivity contribution is 0.119. The lowest BCUT2D eigenvalue weighted by atomic mass is 10.2. The number of guanidine groups is 1. The molecular formula is C17H28N6OS. The molecule has 0 radical (unpaired) electrons. The van der Waals surface area contributed by atoms with Gasteiger partial charge in [0.05, 0.1) is 18.4 Å². The molecule has 2 aromatic heterocycles. The van der Waals surface area contributed by atoms with Crippen molar-refractivity contribution in [1.82, 2.24) is 25.0 Å². The fraction of sp³-hybridized carbons (Fsp3) is 0.588. The molecule has 0 aromatic carbocycles. The van der Waals surface area contributed by atoms with Crippen LogP contribution in [-0.2, 0) is 24.8 Å². The minimum absolute atomic E-state index is 0.0328. The summed E-state index contributed by atoms with van der Waals surface area (Å²) in [6, 6.07) is 0. The number of ether oxygens (including phenoxy) is 1. The van der Waals surface area contributed by atoms with Crippen LogP contribution in [0.15, 0.2) is 22.8 Å². The van der Waals surface area contributed by atoms with Crippen molar-refractivity contribution in [2.24, 2.45) is 12.0 Å². The highest BCUT2D eigenvalue weighted by Gasteiger charge is 2.12. The van der Waals surface area contributed by atoms with Gasteiger partial charge in [-0.05, 0) is 25.8 Å². The molecule has 0 aliphatic heterocycles. The Morgan fingerprint density at radius 1 is 1.52 bits per heavy atom. The smallest absolute Gasteiger partial charge is 0.194 e. The molecule has 2 heterocycles. The fourth-order valence-electron chi connectivity index (χ4n) is 2.36. The predicted molar refractivity (Wildman–Crippen MR) is 102 cm³/mol. The van der Waals surface area contributed by atoms with Crippen LogP contribution in [0.3, 0.4) is 0 Å². The van der Waals surface area contributed by atoms with E-state index in [9.17, 15) is 0 Å². The molecule has 0 spiro atoms. The number of aliphatic imine (C=N–C) groups is 1. The van der Waals surface area contributed by atoms with Gasteiger partial charge in [-0.25, -0.2) is 4.98 Å². The van der Waals surface area contributed by atoms with Gasteiger partial charge in [-0.2, -0.15) is 5.10 Å². The van der Waals surface area contributed by atoms with Crippen molar-refractivity contribution in [3.8, 4) is 0 Å². The lowest BCUT2D eigenvalue weighted by Gasteiger charge is -2.21. The Balaban J connectivity index is 1.95. The van der Waals surface area contributed by atoms with Crippen molar-refractivity contribution >= 4 is 17.3 Å². The van der Waals surface area contributed by atoms with Crippen LogP contribution in [0.5, 0.6) is 0 Å². The van der Waals surface area contributed by atoms with Crippen molar-refractivity contribution in [2.45, 2.75) is 32.9 Å². The molecule has 7 nitrogen and oxygen atoms in total. The van der Waals surface area contributed by atoms with Crippen LogP contribution in [-0.4, -0.2) is 52.9 Å². The van der Waals surface area contributed by atoms with Crippen molar-refractivity contribution in [3.63, 3.8) is 0 Å². The highest BCUT2D eigenvalue weighted by Crippen LogP contribution is 2.20. The second kappa shape index (κ2) is 9.53.